The second kappa shape index (κ2) is 7.40. The van der Waals surface area contributed by atoms with Crippen LogP contribution in [0.1, 0.15) is 45.4 Å². The first kappa shape index (κ1) is 17.2. The molecule has 2 heterocycles. The molecule has 6 nitrogen and oxygen atoms in total. The van der Waals surface area contributed by atoms with E-state index in [-0.39, 0.29) is 36.8 Å². The van der Waals surface area contributed by atoms with Crippen LogP contribution in [0.4, 0.5) is 0 Å². The predicted octanol–water partition coefficient (Wildman–Crippen LogP) is 1.56. The summed E-state index contributed by atoms with van der Waals surface area (Å²) < 4.78 is 16.8. The fourth-order valence-electron chi connectivity index (χ4n) is 3.47. The van der Waals surface area contributed by atoms with Crippen molar-refractivity contribution in [3.63, 3.8) is 0 Å². The van der Waals surface area contributed by atoms with E-state index in [1.165, 1.54) is 7.11 Å². The SMILES string of the molecule is COC(=O)CCC1CC2(CO)OC(C[C@@H](C)C#N)CCC2O1. The van der Waals surface area contributed by atoms with Crippen molar-refractivity contribution in [1.82, 2.24) is 0 Å². The van der Waals surface area contributed by atoms with E-state index in [1.54, 1.807) is 0 Å². The topological polar surface area (TPSA) is 88.8 Å². The number of hydrogen-bond donors (Lipinski definition) is 1. The number of rotatable bonds is 6. The number of carbonyl (C=O) groups excluding carboxylic acids is 1. The van der Waals surface area contributed by atoms with Gasteiger partial charge in [0.15, 0.2) is 0 Å². The summed E-state index contributed by atoms with van der Waals surface area (Å²) in [6, 6.07) is 2.23. The number of nitrogens with zero attached hydrogens (tertiary/aromatic N) is 1. The Bertz CT molecular complexity index is 435. The summed E-state index contributed by atoms with van der Waals surface area (Å²) in [5, 5.41) is 18.8. The summed E-state index contributed by atoms with van der Waals surface area (Å²) in [6.07, 6.45) is 3.57. The number of fused-ring (bicyclic) bond motifs is 1. The van der Waals surface area contributed by atoms with Gasteiger partial charge in [0.2, 0.25) is 0 Å². The molecule has 0 radical (unpaired) electrons. The van der Waals surface area contributed by atoms with Crippen molar-refractivity contribution in [3.05, 3.63) is 0 Å². The molecule has 4 unspecified atom stereocenters. The maximum absolute atomic E-state index is 11.2. The molecule has 0 aromatic heterocycles. The first-order chi connectivity index (χ1) is 10.5. The second-order valence-electron chi connectivity index (χ2n) is 6.37. The highest BCUT2D eigenvalue weighted by atomic mass is 16.6. The van der Waals surface area contributed by atoms with Gasteiger partial charge in [0, 0.05) is 18.8 Å². The quantitative estimate of drug-likeness (QED) is 0.749. The van der Waals surface area contributed by atoms with Crippen LogP contribution in [0.2, 0.25) is 0 Å². The summed E-state index contributed by atoms with van der Waals surface area (Å²) in [4.78, 5) is 11.2. The third kappa shape index (κ3) is 3.78. The van der Waals surface area contributed by atoms with Gasteiger partial charge >= 0.3 is 5.97 Å². The number of nitriles is 1. The van der Waals surface area contributed by atoms with Gasteiger partial charge in [0.25, 0.3) is 0 Å². The lowest BCUT2D eigenvalue weighted by Crippen LogP contribution is -2.51. The fraction of sp³-hybridized carbons (Fsp3) is 0.875. The van der Waals surface area contributed by atoms with Gasteiger partial charge in [0.1, 0.15) is 5.60 Å². The second-order valence-corrected chi connectivity index (χ2v) is 6.37. The molecule has 0 aliphatic carbocycles. The van der Waals surface area contributed by atoms with Gasteiger partial charge in [-0.3, -0.25) is 4.79 Å². The normalized spacial score (nSPS) is 35.5. The third-order valence-electron chi connectivity index (χ3n) is 4.67. The summed E-state index contributed by atoms with van der Waals surface area (Å²) in [6.45, 7) is 1.79. The van der Waals surface area contributed by atoms with Gasteiger partial charge in [-0.2, -0.15) is 5.26 Å². The molecule has 2 fully saturated rings. The van der Waals surface area contributed by atoms with Crippen molar-refractivity contribution in [2.45, 2.75) is 69.4 Å². The van der Waals surface area contributed by atoms with Crippen LogP contribution in [0.15, 0.2) is 0 Å². The lowest BCUT2D eigenvalue weighted by atomic mass is 9.85. The lowest BCUT2D eigenvalue weighted by Gasteiger charge is -2.41. The molecule has 0 spiro atoms. The highest BCUT2D eigenvalue weighted by Crippen LogP contribution is 2.43. The van der Waals surface area contributed by atoms with E-state index in [2.05, 4.69) is 10.8 Å². The molecule has 2 aliphatic rings. The van der Waals surface area contributed by atoms with Crippen LogP contribution >= 0.6 is 0 Å². The molecule has 0 amide bonds. The first-order valence-corrected chi connectivity index (χ1v) is 7.93. The van der Waals surface area contributed by atoms with Crippen LogP contribution in [0.3, 0.4) is 0 Å². The Labute approximate surface area is 131 Å². The Hall–Kier alpha value is -1.16. The number of aliphatic hydroxyl groups is 1. The highest BCUT2D eigenvalue weighted by molar-refractivity contribution is 5.69. The predicted molar refractivity (Wildman–Crippen MR) is 77.8 cm³/mol. The average molecular weight is 311 g/mol. The van der Waals surface area contributed by atoms with E-state index in [0.717, 1.165) is 12.8 Å². The molecule has 124 valence electrons. The number of methoxy groups -OCH3 is 1. The van der Waals surface area contributed by atoms with Crippen molar-refractivity contribution < 1.29 is 24.1 Å². The Morgan fingerprint density at radius 3 is 2.91 bits per heavy atom. The van der Waals surface area contributed by atoms with E-state index in [9.17, 15) is 9.90 Å². The van der Waals surface area contributed by atoms with Gasteiger partial charge in [-0.1, -0.05) is 0 Å². The lowest BCUT2D eigenvalue weighted by molar-refractivity contribution is -0.185. The number of esters is 1. The molecule has 0 aromatic rings. The summed E-state index contributed by atoms with van der Waals surface area (Å²) in [5.74, 6) is -0.312. The number of aliphatic hydroxyl groups excluding tert-OH is 1. The molecule has 22 heavy (non-hydrogen) atoms. The molecule has 6 heteroatoms. The first-order valence-electron chi connectivity index (χ1n) is 7.93. The number of carbonyl (C=O) groups is 1. The molecule has 0 bridgehead atoms. The monoisotopic (exact) mass is 311 g/mol. The molecule has 2 aliphatic heterocycles. The molecule has 2 rings (SSSR count). The molecule has 0 aromatic carbocycles. The summed E-state index contributed by atoms with van der Waals surface area (Å²) in [7, 11) is 1.37. The summed E-state index contributed by atoms with van der Waals surface area (Å²) in [5.41, 5.74) is -0.682. The van der Waals surface area contributed by atoms with Crippen LogP contribution in [-0.4, -0.2) is 48.7 Å². The number of ether oxygens (including phenoxy) is 3. The Kier molecular flexibility index (Phi) is 5.79. The summed E-state index contributed by atoms with van der Waals surface area (Å²) >= 11 is 0. The van der Waals surface area contributed by atoms with Gasteiger partial charge in [-0.15, -0.1) is 0 Å². The molecular formula is C16H25NO5. The Balaban J connectivity index is 1.94. The molecule has 1 N–H and O–H groups in total. The van der Waals surface area contributed by atoms with Crippen LogP contribution in [-0.2, 0) is 19.0 Å². The number of hydrogen-bond acceptors (Lipinski definition) is 6. The minimum atomic E-state index is -0.682. The van der Waals surface area contributed by atoms with E-state index in [0.29, 0.717) is 25.7 Å². The maximum atomic E-state index is 11.2. The van der Waals surface area contributed by atoms with Crippen LogP contribution in [0.25, 0.3) is 0 Å². The molecule has 5 atom stereocenters. The molecule has 0 saturated carbocycles. The van der Waals surface area contributed by atoms with Gasteiger partial charge in [-0.25, -0.2) is 0 Å². The van der Waals surface area contributed by atoms with Crippen LogP contribution < -0.4 is 0 Å². The zero-order valence-corrected chi connectivity index (χ0v) is 13.3. The Morgan fingerprint density at radius 2 is 2.27 bits per heavy atom. The molecular weight excluding hydrogens is 286 g/mol. The van der Waals surface area contributed by atoms with Crippen molar-refractivity contribution in [2.75, 3.05) is 13.7 Å². The fourth-order valence-corrected chi connectivity index (χ4v) is 3.47. The average Bonchev–Trinajstić information content (AvgIpc) is 2.90. The third-order valence-corrected chi connectivity index (χ3v) is 4.67. The van der Waals surface area contributed by atoms with Gasteiger partial charge in [-0.05, 0) is 32.6 Å². The minimum Gasteiger partial charge on any atom is -0.469 e. The van der Waals surface area contributed by atoms with Crippen LogP contribution in [0, 0.1) is 17.2 Å². The smallest absolute Gasteiger partial charge is 0.305 e. The van der Waals surface area contributed by atoms with E-state index in [4.69, 9.17) is 14.7 Å². The zero-order chi connectivity index (χ0) is 16.2. The van der Waals surface area contributed by atoms with E-state index in [1.807, 2.05) is 6.92 Å². The molecule has 2 saturated heterocycles. The van der Waals surface area contributed by atoms with Gasteiger partial charge in [0.05, 0.1) is 38.1 Å². The Morgan fingerprint density at radius 1 is 1.50 bits per heavy atom. The van der Waals surface area contributed by atoms with Gasteiger partial charge < -0.3 is 19.3 Å². The van der Waals surface area contributed by atoms with Crippen molar-refractivity contribution in [1.29, 1.82) is 5.26 Å². The van der Waals surface area contributed by atoms with Crippen molar-refractivity contribution in [3.8, 4) is 6.07 Å². The van der Waals surface area contributed by atoms with E-state index < -0.39 is 5.60 Å². The van der Waals surface area contributed by atoms with Crippen molar-refractivity contribution >= 4 is 5.97 Å². The van der Waals surface area contributed by atoms with Crippen molar-refractivity contribution in [2.24, 2.45) is 5.92 Å². The maximum Gasteiger partial charge on any atom is 0.305 e. The zero-order valence-electron chi connectivity index (χ0n) is 13.3. The van der Waals surface area contributed by atoms with E-state index >= 15 is 0 Å². The highest BCUT2D eigenvalue weighted by Gasteiger charge is 2.52. The van der Waals surface area contributed by atoms with Crippen LogP contribution in [0.5, 0.6) is 0 Å². The largest absolute Gasteiger partial charge is 0.469 e. The minimum absolute atomic E-state index is 0.0130. The standard InChI is InChI=1S/C16H25NO5/c1-11(9-17)7-12-3-5-14-16(10-18,22-12)8-13(21-14)4-6-15(19)20-2/h11-14,18H,3-8,10H2,1-2H3/t11-,12?,13?,14?,16?/m1/s1.